The predicted octanol–water partition coefficient (Wildman–Crippen LogP) is 3.96. The zero-order chi connectivity index (χ0) is 14.8. The summed E-state index contributed by atoms with van der Waals surface area (Å²) < 4.78 is 0. The number of aromatic nitrogens is 1. The predicted molar refractivity (Wildman–Crippen MR) is 82.6 cm³/mol. The average molecular weight is 260 g/mol. The summed E-state index contributed by atoms with van der Waals surface area (Å²) in [4.78, 5) is 15.8. The summed E-state index contributed by atoms with van der Waals surface area (Å²) in [5.41, 5.74) is 2.56. The fourth-order valence-electron chi connectivity index (χ4n) is 1.51. The number of carbonyl (C=O) groups is 1. The van der Waals surface area contributed by atoms with Gasteiger partial charge in [0.15, 0.2) is 0 Å². The lowest BCUT2D eigenvalue weighted by molar-refractivity contribution is 0.0963. The van der Waals surface area contributed by atoms with Crippen LogP contribution >= 0.6 is 0 Å². The van der Waals surface area contributed by atoms with Gasteiger partial charge in [0.2, 0.25) is 0 Å². The highest BCUT2D eigenvalue weighted by Crippen LogP contribution is 2.14. The lowest BCUT2D eigenvalue weighted by atomic mass is 10.1. The Morgan fingerprint density at radius 2 is 1.68 bits per heavy atom. The van der Waals surface area contributed by atoms with Gasteiger partial charge in [0.05, 0.1) is 5.52 Å². The number of benzene rings is 1. The largest absolute Gasteiger partial charge is 0.355 e. The summed E-state index contributed by atoms with van der Waals surface area (Å²) in [6.07, 6.45) is 0. The van der Waals surface area contributed by atoms with Crippen molar-refractivity contribution in [2.45, 2.75) is 34.6 Å². The summed E-state index contributed by atoms with van der Waals surface area (Å²) in [6.45, 7) is 9.95. The Bertz CT molecular complexity index is 521. The number of rotatable bonds is 1. The second kappa shape index (κ2) is 9.09. The van der Waals surface area contributed by atoms with E-state index in [2.05, 4.69) is 10.3 Å². The molecule has 1 aromatic heterocycles. The van der Waals surface area contributed by atoms with E-state index in [-0.39, 0.29) is 5.91 Å². The summed E-state index contributed by atoms with van der Waals surface area (Å²) in [7, 11) is 1.62. The molecule has 0 saturated carbocycles. The minimum atomic E-state index is -0.0718. The molecule has 0 saturated heterocycles. The van der Waals surface area contributed by atoms with Crippen LogP contribution in [-0.4, -0.2) is 17.9 Å². The molecule has 0 fully saturated rings. The Morgan fingerprint density at radius 3 is 2.26 bits per heavy atom. The minimum absolute atomic E-state index is 0.0718. The van der Waals surface area contributed by atoms with E-state index in [0.29, 0.717) is 5.56 Å². The van der Waals surface area contributed by atoms with Crippen LogP contribution in [0.2, 0.25) is 0 Å². The maximum Gasteiger partial charge on any atom is 0.251 e. The molecule has 0 spiro atoms. The highest BCUT2D eigenvalue weighted by atomic mass is 16.1. The van der Waals surface area contributed by atoms with Crippen LogP contribution in [0.4, 0.5) is 0 Å². The van der Waals surface area contributed by atoms with E-state index in [0.717, 1.165) is 16.6 Å². The fraction of sp³-hybridized carbons (Fsp3) is 0.375. The van der Waals surface area contributed by atoms with Gasteiger partial charge in [-0.05, 0) is 31.2 Å². The number of nitrogens with zero attached hydrogens (tertiary/aromatic N) is 1. The molecule has 104 valence electrons. The molecule has 1 aromatic carbocycles. The third kappa shape index (κ3) is 4.70. The molecular weight excluding hydrogens is 236 g/mol. The standard InChI is InChI=1S/C12H12N2O.2C2H6/c1-8-3-4-9-7-10(12(15)13-2)5-6-11(9)14-8;2*1-2/h3-7H,1-2H3,(H,13,15);2*1-2H3. The lowest BCUT2D eigenvalue weighted by Crippen LogP contribution is -2.17. The maximum absolute atomic E-state index is 11.4. The Kier molecular flexibility index (Phi) is 8.18. The summed E-state index contributed by atoms with van der Waals surface area (Å²) in [5, 5.41) is 3.59. The van der Waals surface area contributed by atoms with Gasteiger partial charge in [0.25, 0.3) is 5.91 Å². The van der Waals surface area contributed by atoms with Crippen LogP contribution < -0.4 is 5.32 Å². The fourth-order valence-corrected chi connectivity index (χ4v) is 1.51. The van der Waals surface area contributed by atoms with Crippen LogP contribution in [0.3, 0.4) is 0 Å². The quantitative estimate of drug-likeness (QED) is 0.843. The van der Waals surface area contributed by atoms with Gasteiger partial charge in [0.1, 0.15) is 0 Å². The minimum Gasteiger partial charge on any atom is -0.355 e. The third-order valence-corrected chi connectivity index (χ3v) is 2.32. The Hall–Kier alpha value is -1.90. The Balaban J connectivity index is 0.000000741. The number of nitrogens with one attached hydrogen (secondary N) is 1. The van der Waals surface area contributed by atoms with E-state index < -0.39 is 0 Å². The second-order valence-corrected chi connectivity index (χ2v) is 3.44. The van der Waals surface area contributed by atoms with Crippen molar-refractivity contribution in [3.8, 4) is 0 Å². The van der Waals surface area contributed by atoms with Gasteiger partial charge in [-0.3, -0.25) is 9.78 Å². The number of hydrogen-bond acceptors (Lipinski definition) is 2. The van der Waals surface area contributed by atoms with E-state index in [9.17, 15) is 4.79 Å². The van der Waals surface area contributed by atoms with Gasteiger partial charge >= 0.3 is 0 Å². The van der Waals surface area contributed by atoms with Gasteiger partial charge in [-0.2, -0.15) is 0 Å². The van der Waals surface area contributed by atoms with E-state index in [1.54, 1.807) is 13.1 Å². The molecular formula is C16H24N2O. The van der Waals surface area contributed by atoms with Crippen LogP contribution in [0.1, 0.15) is 43.7 Å². The van der Waals surface area contributed by atoms with E-state index >= 15 is 0 Å². The zero-order valence-corrected chi connectivity index (χ0v) is 12.7. The molecule has 0 atom stereocenters. The molecule has 0 aliphatic heterocycles. The van der Waals surface area contributed by atoms with Crippen LogP contribution in [0.5, 0.6) is 0 Å². The third-order valence-electron chi connectivity index (χ3n) is 2.32. The van der Waals surface area contributed by atoms with E-state index in [4.69, 9.17) is 0 Å². The van der Waals surface area contributed by atoms with E-state index in [1.807, 2.05) is 58.9 Å². The number of amides is 1. The monoisotopic (exact) mass is 260 g/mol. The van der Waals surface area contributed by atoms with Gasteiger partial charge in [0, 0.05) is 23.7 Å². The van der Waals surface area contributed by atoms with Crippen LogP contribution in [0.25, 0.3) is 10.9 Å². The van der Waals surface area contributed by atoms with Crippen molar-refractivity contribution < 1.29 is 4.79 Å². The molecule has 0 bridgehead atoms. The first-order valence-corrected chi connectivity index (χ1v) is 6.80. The SMILES string of the molecule is CC.CC.CNC(=O)c1ccc2nc(C)ccc2c1. The molecule has 1 N–H and O–H groups in total. The lowest BCUT2D eigenvalue weighted by Gasteiger charge is -2.02. The number of carbonyl (C=O) groups excluding carboxylic acids is 1. The molecule has 19 heavy (non-hydrogen) atoms. The maximum atomic E-state index is 11.4. The first-order chi connectivity index (χ1) is 9.20. The average Bonchev–Trinajstić information content (AvgIpc) is 2.50. The number of hydrogen-bond donors (Lipinski definition) is 1. The highest BCUT2D eigenvalue weighted by molar-refractivity contribution is 5.97. The molecule has 3 heteroatoms. The summed E-state index contributed by atoms with van der Waals surface area (Å²) in [5.74, 6) is -0.0718. The van der Waals surface area contributed by atoms with Crippen molar-refractivity contribution in [1.29, 1.82) is 0 Å². The molecule has 3 nitrogen and oxygen atoms in total. The Morgan fingerprint density at radius 1 is 1.05 bits per heavy atom. The number of aryl methyl sites for hydroxylation is 1. The van der Waals surface area contributed by atoms with Crippen molar-refractivity contribution in [1.82, 2.24) is 10.3 Å². The molecule has 1 heterocycles. The first kappa shape index (κ1) is 17.1. The molecule has 0 unspecified atom stereocenters. The van der Waals surface area contributed by atoms with Crippen LogP contribution in [-0.2, 0) is 0 Å². The number of pyridine rings is 1. The van der Waals surface area contributed by atoms with Crippen LogP contribution in [0, 0.1) is 6.92 Å². The van der Waals surface area contributed by atoms with Crippen molar-refractivity contribution in [2.75, 3.05) is 7.05 Å². The van der Waals surface area contributed by atoms with Crippen molar-refractivity contribution in [2.24, 2.45) is 0 Å². The Labute approximate surface area is 116 Å². The van der Waals surface area contributed by atoms with Crippen molar-refractivity contribution in [3.63, 3.8) is 0 Å². The molecule has 0 aliphatic carbocycles. The molecule has 1 amide bonds. The summed E-state index contributed by atoms with van der Waals surface area (Å²) in [6, 6.07) is 9.42. The zero-order valence-electron chi connectivity index (χ0n) is 12.7. The highest BCUT2D eigenvalue weighted by Gasteiger charge is 2.03. The van der Waals surface area contributed by atoms with Crippen molar-refractivity contribution in [3.05, 3.63) is 41.6 Å². The molecule has 0 aliphatic rings. The first-order valence-electron chi connectivity index (χ1n) is 6.80. The smallest absolute Gasteiger partial charge is 0.251 e. The van der Waals surface area contributed by atoms with Crippen molar-refractivity contribution >= 4 is 16.8 Å². The molecule has 0 radical (unpaired) electrons. The van der Waals surface area contributed by atoms with E-state index in [1.165, 1.54) is 0 Å². The normalized spacial score (nSPS) is 8.74. The summed E-state index contributed by atoms with van der Waals surface area (Å²) >= 11 is 0. The second-order valence-electron chi connectivity index (χ2n) is 3.44. The van der Waals surface area contributed by atoms with Gasteiger partial charge in [-0.15, -0.1) is 0 Å². The topological polar surface area (TPSA) is 42.0 Å². The van der Waals surface area contributed by atoms with Crippen LogP contribution in [0.15, 0.2) is 30.3 Å². The molecule has 2 aromatic rings. The van der Waals surface area contributed by atoms with Gasteiger partial charge in [-0.25, -0.2) is 0 Å². The molecule has 2 rings (SSSR count). The number of fused-ring (bicyclic) bond motifs is 1. The van der Waals surface area contributed by atoms with Gasteiger partial charge < -0.3 is 5.32 Å². The van der Waals surface area contributed by atoms with Gasteiger partial charge in [-0.1, -0.05) is 33.8 Å².